The molecule has 124 valence electrons. The number of aromatic carboxylic acids is 1. The van der Waals surface area contributed by atoms with E-state index in [-0.39, 0.29) is 6.07 Å². The minimum absolute atomic E-state index is 0.110. The van der Waals surface area contributed by atoms with E-state index in [2.05, 4.69) is 0 Å². The van der Waals surface area contributed by atoms with Gasteiger partial charge >= 0.3 is 18.1 Å². The van der Waals surface area contributed by atoms with Crippen molar-refractivity contribution in [2.45, 2.75) is 17.0 Å². The molecule has 0 heterocycles. The summed E-state index contributed by atoms with van der Waals surface area (Å²) in [5, 5.41) is 8.65. The molecule has 0 atom stereocenters. The largest absolute Gasteiger partial charge is 0.478 e. The lowest BCUT2D eigenvalue weighted by Gasteiger charge is -2.24. The van der Waals surface area contributed by atoms with Crippen LogP contribution < -0.4 is 5.73 Å². The average Bonchev–Trinajstić information content (AvgIpc) is 2.28. The molecule has 0 bridgehead atoms. The van der Waals surface area contributed by atoms with Gasteiger partial charge in [0.25, 0.3) is 10.1 Å². The zero-order valence-electron chi connectivity index (χ0n) is 9.95. The minimum atomic E-state index is -6.46. The van der Waals surface area contributed by atoms with Crippen LogP contribution in [-0.2, 0) is 16.0 Å². The van der Waals surface area contributed by atoms with Crippen molar-refractivity contribution in [3.63, 3.8) is 0 Å². The number of nitrogen functional groups attached to an aromatic ring is 1. The van der Waals surface area contributed by atoms with Crippen molar-refractivity contribution in [2.75, 3.05) is 5.73 Å². The quantitative estimate of drug-likeness (QED) is 0.435. The molecule has 0 aromatic heterocycles. The number of rotatable bonds is 3. The molecule has 13 heteroatoms. The normalized spacial score (nSPS) is 13.2. The average molecular weight is 353 g/mol. The molecule has 4 N–H and O–H groups in total. The molecule has 0 saturated heterocycles. The molecule has 1 aromatic rings. The highest BCUT2D eigenvalue weighted by Gasteiger charge is 2.62. The molecular formula is C9H5F6NO5S. The fourth-order valence-electron chi connectivity index (χ4n) is 1.52. The standard InChI is InChI=1S/C9H5F6NO5S/c10-5-3(16)1-2(7(17)18)4(6(5)22(19,20)21)8(11,12)9(13,14)15/h1H,16H2,(H,17,18)(H,19,20,21). The molecular weight excluding hydrogens is 348 g/mol. The molecule has 0 unspecified atom stereocenters. The third kappa shape index (κ3) is 2.81. The number of carboxylic acids is 1. The van der Waals surface area contributed by atoms with Crippen LogP contribution in [0.15, 0.2) is 11.0 Å². The second-order valence-electron chi connectivity index (χ2n) is 3.88. The van der Waals surface area contributed by atoms with E-state index in [4.69, 9.17) is 15.4 Å². The number of hydrogen-bond acceptors (Lipinski definition) is 4. The summed E-state index contributed by atoms with van der Waals surface area (Å²) in [6, 6.07) is -0.110. The van der Waals surface area contributed by atoms with Gasteiger partial charge in [-0.1, -0.05) is 0 Å². The maximum absolute atomic E-state index is 13.6. The highest BCUT2D eigenvalue weighted by atomic mass is 32.2. The fraction of sp³-hybridized carbons (Fsp3) is 0.222. The Morgan fingerprint density at radius 3 is 1.95 bits per heavy atom. The van der Waals surface area contributed by atoms with Crippen LogP contribution in [0, 0.1) is 5.82 Å². The van der Waals surface area contributed by atoms with Crippen LogP contribution in [0.1, 0.15) is 15.9 Å². The summed E-state index contributed by atoms with van der Waals surface area (Å²) in [7, 11) is -5.98. The van der Waals surface area contributed by atoms with Crippen LogP contribution in [0.5, 0.6) is 0 Å². The maximum atomic E-state index is 13.6. The molecule has 6 nitrogen and oxygen atoms in total. The van der Waals surface area contributed by atoms with E-state index in [1.165, 1.54) is 0 Å². The van der Waals surface area contributed by atoms with Gasteiger partial charge in [-0.25, -0.2) is 9.18 Å². The smallest absolute Gasteiger partial charge is 0.458 e. The Hall–Kier alpha value is -2.02. The SMILES string of the molecule is Nc1cc(C(=O)O)c(C(F)(F)C(F)(F)F)c(S(=O)(=O)O)c1F. The molecule has 0 aliphatic carbocycles. The Bertz CT molecular complexity index is 742. The van der Waals surface area contributed by atoms with E-state index in [1.54, 1.807) is 0 Å². The Balaban J connectivity index is 4.13. The fourth-order valence-corrected chi connectivity index (χ4v) is 2.36. The van der Waals surface area contributed by atoms with E-state index in [0.717, 1.165) is 0 Å². The third-order valence-corrected chi connectivity index (χ3v) is 3.31. The van der Waals surface area contributed by atoms with Gasteiger partial charge in [0, 0.05) is 0 Å². The zero-order valence-corrected chi connectivity index (χ0v) is 10.8. The molecule has 0 spiro atoms. The molecule has 0 fully saturated rings. The van der Waals surface area contributed by atoms with Crippen LogP contribution in [0.3, 0.4) is 0 Å². The Labute approximate surface area is 117 Å². The van der Waals surface area contributed by atoms with E-state index >= 15 is 0 Å². The minimum Gasteiger partial charge on any atom is -0.478 e. The molecule has 0 saturated carbocycles. The van der Waals surface area contributed by atoms with Crippen molar-refractivity contribution in [1.82, 2.24) is 0 Å². The van der Waals surface area contributed by atoms with Gasteiger partial charge < -0.3 is 10.8 Å². The third-order valence-electron chi connectivity index (χ3n) is 2.41. The first-order chi connectivity index (χ1) is 9.62. The Morgan fingerprint density at radius 2 is 1.64 bits per heavy atom. The highest BCUT2D eigenvalue weighted by Crippen LogP contribution is 2.48. The van der Waals surface area contributed by atoms with Gasteiger partial charge in [-0.05, 0) is 6.07 Å². The number of nitrogens with two attached hydrogens (primary N) is 1. The molecule has 0 radical (unpaired) electrons. The predicted molar refractivity (Wildman–Crippen MR) is 57.5 cm³/mol. The van der Waals surface area contributed by atoms with Crippen molar-refractivity contribution >= 4 is 21.8 Å². The lowest BCUT2D eigenvalue weighted by molar-refractivity contribution is -0.290. The van der Waals surface area contributed by atoms with E-state index in [9.17, 15) is 39.6 Å². The van der Waals surface area contributed by atoms with Gasteiger partial charge in [0.2, 0.25) is 0 Å². The number of hydrogen-bond donors (Lipinski definition) is 3. The zero-order chi connectivity index (χ0) is 17.7. The van der Waals surface area contributed by atoms with Crippen molar-refractivity contribution in [2.24, 2.45) is 0 Å². The first-order valence-corrected chi connectivity index (χ1v) is 6.34. The summed E-state index contributed by atoms with van der Waals surface area (Å²) in [4.78, 5) is 8.23. The summed E-state index contributed by atoms with van der Waals surface area (Å²) < 4.78 is 108. The summed E-state index contributed by atoms with van der Waals surface area (Å²) in [5.74, 6) is -10.8. The van der Waals surface area contributed by atoms with Crippen molar-refractivity contribution < 1.29 is 49.2 Å². The maximum Gasteiger partial charge on any atom is 0.458 e. The number of carboxylic acid groups (broad SMARTS) is 1. The Morgan fingerprint density at radius 1 is 1.18 bits per heavy atom. The topological polar surface area (TPSA) is 118 Å². The first kappa shape index (κ1) is 18.0. The first-order valence-electron chi connectivity index (χ1n) is 4.90. The molecule has 0 amide bonds. The lowest BCUT2D eigenvalue weighted by Crippen LogP contribution is -2.37. The van der Waals surface area contributed by atoms with Crippen LogP contribution in [0.4, 0.5) is 32.0 Å². The van der Waals surface area contributed by atoms with E-state index in [0.29, 0.717) is 0 Å². The van der Waals surface area contributed by atoms with E-state index < -0.39 is 55.7 Å². The van der Waals surface area contributed by atoms with Crippen molar-refractivity contribution in [3.05, 3.63) is 23.0 Å². The van der Waals surface area contributed by atoms with Gasteiger partial charge in [-0.3, -0.25) is 4.55 Å². The van der Waals surface area contributed by atoms with Crippen LogP contribution in [0.25, 0.3) is 0 Å². The second kappa shape index (κ2) is 5.01. The molecule has 1 aromatic carbocycles. The summed E-state index contributed by atoms with van der Waals surface area (Å²) >= 11 is 0. The van der Waals surface area contributed by atoms with Crippen molar-refractivity contribution in [3.8, 4) is 0 Å². The van der Waals surface area contributed by atoms with Gasteiger partial charge in [0.1, 0.15) is 4.90 Å². The Kier molecular flexibility index (Phi) is 4.11. The molecule has 0 aliphatic rings. The molecule has 1 rings (SSSR count). The monoisotopic (exact) mass is 353 g/mol. The van der Waals surface area contributed by atoms with Gasteiger partial charge in [-0.15, -0.1) is 0 Å². The number of benzene rings is 1. The van der Waals surface area contributed by atoms with Gasteiger partial charge in [-0.2, -0.15) is 30.4 Å². The van der Waals surface area contributed by atoms with Crippen LogP contribution in [0.2, 0.25) is 0 Å². The van der Waals surface area contributed by atoms with Gasteiger partial charge in [0.05, 0.1) is 16.8 Å². The molecule has 22 heavy (non-hydrogen) atoms. The van der Waals surface area contributed by atoms with Gasteiger partial charge in [0.15, 0.2) is 5.82 Å². The molecule has 0 aliphatic heterocycles. The number of carbonyl (C=O) groups is 1. The number of anilines is 1. The number of alkyl halides is 5. The van der Waals surface area contributed by atoms with Crippen LogP contribution in [-0.4, -0.2) is 30.2 Å². The number of halogens is 6. The van der Waals surface area contributed by atoms with E-state index in [1.807, 2.05) is 0 Å². The summed E-state index contributed by atoms with van der Waals surface area (Å²) in [5.41, 5.74) is -1.20. The van der Waals surface area contributed by atoms with Crippen molar-refractivity contribution in [1.29, 1.82) is 0 Å². The predicted octanol–water partition coefficient (Wildman–Crippen LogP) is 2.01. The highest BCUT2D eigenvalue weighted by molar-refractivity contribution is 7.86. The van der Waals surface area contributed by atoms with Crippen LogP contribution >= 0.6 is 0 Å². The summed E-state index contributed by atoms with van der Waals surface area (Å²) in [6.07, 6.45) is -6.46. The lowest BCUT2D eigenvalue weighted by atomic mass is 9.99. The second-order valence-corrected chi connectivity index (χ2v) is 5.24. The summed E-state index contributed by atoms with van der Waals surface area (Å²) in [6.45, 7) is 0.